The molecular weight excluding hydrogens is 384 g/mol. The molecule has 29 heavy (non-hydrogen) atoms. The summed E-state index contributed by atoms with van der Waals surface area (Å²) in [7, 11) is 1.51. The van der Waals surface area contributed by atoms with Gasteiger partial charge in [0, 0.05) is 24.6 Å². The molecule has 2 atom stereocenters. The van der Waals surface area contributed by atoms with Gasteiger partial charge in [-0.15, -0.1) is 0 Å². The van der Waals surface area contributed by atoms with E-state index in [4.69, 9.17) is 4.74 Å². The highest BCUT2D eigenvalue weighted by Crippen LogP contribution is 2.33. The van der Waals surface area contributed by atoms with Crippen LogP contribution in [0.5, 0.6) is 0 Å². The van der Waals surface area contributed by atoms with Gasteiger partial charge in [-0.05, 0) is 42.2 Å². The molecule has 3 nitrogen and oxygen atoms in total. The van der Waals surface area contributed by atoms with Crippen LogP contribution < -0.4 is 5.32 Å². The number of aliphatic imine (C=N–C) groups is 1. The fourth-order valence-electron chi connectivity index (χ4n) is 3.50. The number of halogens is 4. The Kier molecular flexibility index (Phi) is 6.37. The zero-order chi connectivity index (χ0) is 21.0. The van der Waals surface area contributed by atoms with E-state index in [-0.39, 0.29) is 17.7 Å². The molecule has 154 valence electrons. The second-order valence-electron chi connectivity index (χ2n) is 7.02. The maximum atomic E-state index is 13.4. The summed E-state index contributed by atoms with van der Waals surface area (Å²) in [5.74, 6) is 0.0352. The minimum absolute atomic E-state index is 0.0267. The second kappa shape index (κ2) is 8.78. The van der Waals surface area contributed by atoms with Crippen molar-refractivity contribution in [1.82, 2.24) is 5.32 Å². The Morgan fingerprint density at radius 2 is 1.86 bits per heavy atom. The highest BCUT2D eigenvalue weighted by atomic mass is 19.4. The average molecular weight is 406 g/mol. The molecular formula is C22H22F4N2O. The largest absolute Gasteiger partial charge is 0.484 e. The molecule has 0 spiro atoms. The first-order valence-electron chi connectivity index (χ1n) is 9.23. The number of ether oxygens (including phenoxy) is 1. The second-order valence-corrected chi connectivity index (χ2v) is 7.02. The Morgan fingerprint density at radius 1 is 1.14 bits per heavy atom. The number of hydrogen-bond acceptors (Lipinski definition) is 3. The minimum Gasteiger partial charge on any atom is -0.484 e. The summed E-state index contributed by atoms with van der Waals surface area (Å²) in [4.78, 5) is 4.45. The Labute approximate surface area is 167 Å². The van der Waals surface area contributed by atoms with Crippen LogP contribution >= 0.6 is 0 Å². The van der Waals surface area contributed by atoms with E-state index in [1.165, 1.54) is 31.4 Å². The van der Waals surface area contributed by atoms with Gasteiger partial charge in [-0.2, -0.15) is 13.2 Å². The van der Waals surface area contributed by atoms with Crippen molar-refractivity contribution in [3.05, 3.63) is 77.6 Å². The smallest absolute Gasteiger partial charge is 0.416 e. The third-order valence-electron chi connectivity index (χ3n) is 5.02. The Morgan fingerprint density at radius 3 is 2.48 bits per heavy atom. The van der Waals surface area contributed by atoms with Crippen LogP contribution in [0.4, 0.5) is 17.6 Å². The lowest BCUT2D eigenvalue weighted by Gasteiger charge is -2.30. The van der Waals surface area contributed by atoms with Crippen molar-refractivity contribution in [1.29, 1.82) is 0 Å². The van der Waals surface area contributed by atoms with Crippen LogP contribution in [0.2, 0.25) is 0 Å². The van der Waals surface area contributed by atoms with Crippen molar-refractivity contribution in [3.8, 4) is 0 Å². The molecule has 1 heterocycles. The number of nitrogens with one attached hydrogen (secondary N) is 1. The van der Waals surface area contributed by atoms with E-state index in [1.807, 2.05) is 0 Å². The molecule has 0 radical (unpaired) electrons. The van der Waals surface area contributed by atoms with Gasteiger partial charge in [0.05, 0.1) is 18.4 Å². The predicted octanol–water partition coefficient (Wildman–Crippen LogP) is 5.25. The highest BCUT2D eigenvalue weighted by molar-refractivity contribution is 5.85. The number of hydrogen-bond donors (Lipinski definition) is 1. The lowest BCUT2D eigenvalue weighted by molar-refractivity contribution is -0.137. The first-order chi connectivity index (χ1) is 13.8. The van der Waals surface area contributed by atoms with E-state index >= 15 is 0 Å². The molecule has 0 aliphatic carbocycles. The van der Waals surface area contributed by atoms with Crippen LogP contribution in [0.3, 0.4) is 0 Å². The minimum atomic E-state index is -4.35. The van der Waals surface area contributed by atoms with Crippen LogP contribution in [0.25, 0.3) is 5.70 Å². The van der Waals surface area contributed by atoms with Crippen LogP contribution in [0.15, 0.2) is 60.1 Å². The van der Waals surface area contributed by atoms with E-state index < -0.39 is 11.7 Å². The molecule has 1 fully saturated rings. The van der Waals surface area contributed by atoms with E-state index in [2.05, 4.69) is 16.9 Å². The maximum Gasteiger partial charge on any atom is 0.416 e. The summed E-state index contributed by atoms with van der Waals surface area (Å²) in [5.41, 5.74) is 1.11. The highest BCUT2D eigenvalue weighted by Gasteiger charge is 2.31. The Hall–Kier alpha value is -2.67. The van der Waals surface area contributed by atoms with Gasteiger partial charge in [-0.3, -0.25) is 0 Å². The quantitative estimate of drug-likeness (QED) is 0.427. The molecule has 1 aliphatic rings. The normalized spacial score (nSPS) is 20.4. The van der Waals surface area contributed by atoms with E-state index in [9.17, 15) is 17.6 Å². The van der Waals surface area contributed by atoms with Gasteiger partial charge in [-0.25, -0.2) is 9.38 Å². The SMILES string of the molecule is C=C(N=C(OC)C1CNCC(c2ccc(C(F)(F)F)cc2)C1)c1cccc(F)c1. The summed E-state index contributed by atoms with van der Waals surface area (Å²) in [6.07, 6.45) is -3.68. The van der Waals surface area contributed by atoms with Crippen LogP contribution in [-0.4, -0.2) is 26.1 Å². The van der Waals surface area contributed by atoms with Crippen molar-refractivity contribution >= 4 is 11.6 Å². The van der Waals surface area contributed by atoms with Crippen LogP contribution in [0, 0.1) is 11.7 Å². The number of piperidine rings is 1. The fraction of sp³-hybridized carbons (Fsp3) is 0.318. The zero-order valence-electron chi connectivity index (χ0n) is 16.0. The van der Waals surface area contributed by atoms with Crippen molar-refractivity contribution in [2.75, 3.05) is 20.2 Å². The van der Waals surface area contributed by atoms with E-state index in [0.29, 0.717) is 36.7 Å². The third kappa shape index (κ3) is 5.23. The molecule has 2 unspecified atom stereocenters. The topological polar surface area (TPSA) is 33.6 Å². The summed E-state index contributed by atoms with van der Waals surface area (Å²) in [6, 6.07) is 11.2. The van der Waals surface area contributed by atoms with Crippen molar-refractivity contribution in [2.24, 2.45) is 10.9 Å². The van der Waals surface area contributed by atoms with Gasteiger partial charge in [0.1, 0.15) is 5.82 Å². The molecule has 0 bridgehead atoms. The third-order valence-corrected chi connectivity index (χ3v) is 5.02. The van der Waals surface area contributed by atoms with Crippen molar-refractivity contribution < 1.29 is 22.3 Å². The zero-order valence-corrected chi connectivity index (χ0v) is 16.0. The van der Waals surface area contributed by atoms with Gasteiger partial charge in [0.25, 0.3) is 0 Å². The fourth-order valence-corrected chi connectivity index (χ4v) is 3.50. The summed E-state index contributed by atoms with van der Waals surface area (Å²) in [5, 5.41) is 3.29. The maximum absolute atomic E-state index is 13.4. The van der Waals surface area contributed by atoms with Gasteiger partial charge < -0.3 is 10.1 Å². The summed E-state index contributed by atoms with van der Waals surface area (Å²) >= 11 is 0. The van der Waals surface area contributed by atoms with Crippen LogP contribution in [-0.2, 0) is 10.9 Å². The molecule has 3 rings (SSSR count). The Balaban J connectivity index is 1.75. The number of rotatable bonds is 4. The molecule has 7 heteroatoms. The standard InChI is InChI=1S/C22H22F4N2O/c1-14(16-4-3-5-20(23)11-16)28-21(29-2)18-10-17(12-27-13-18)15-6-8-19(9-7-15)22(24,25)26/h3-9,11,17-18,27H,1,10,12-13H2,2H3. The lowest BCUT2D eigenvalue weighted by Crippen LogP contribution is -2.39. The number of nitrogens with zero attached hydrogens (tertiary/aromatic N) is 1. The van der Waals surface area contributed by atoms with E-state index in [0.717, 1.165) is 17.7 Å². The average Bonchev–Trinajstić information content (AvgIpc) is 2.71. The Bertz CT molecular complexity index is 890. The number of benzene rings is 2. The van der Waals surface area contributed by atoms with Crippen LogP contribution in [0.1, 0.15) is 29.0 Å². The molecule has 1 saturated heterocycles. The molecule has 2 aromatic carbocycles. The van der Waals surface area contributed by atoms with Gasteiger partial charge >= 0.3 is 6.18 Å². The number of alkyl halides is 3. The first kappa shape index (κ1) is 21.0. The van der Waals surface area contributed by atoms with E-state index in [1.54, 1.807) is 12.1 Å². The predicted molar refractivity (Wildman–Crippen MR) is 105 cm³/mol. The summed E-state index contributed by atoms with van der Waals surface area (Å²) in [6.45, 7) is 5.18. The van der Waals surface area contributed by atoms with Gasteiger partial charge in [0.15, 0.2) is 5.90 Å². The lowest BCUT2D eigenvalue weighted by atomic mass is 9.85. The van der Waals surface area contributed by atoms with Gasteiger partial charge in [0.2, 0.25) is 0 Å². The molecule has 2 aromatic rings. The molecule has 1 N–H and O–H groups in total. The monoisotopic (exact) mass is 406 g/mol. The van der Waals surface area contributed by atoms with Gasteiger partial charge in [-0.1, -0.05) is 30.8 Å². The number of methoxy groups -OCH3 is 1. The van der Waals surface area contributed by atoms with Crippen molar-refractivity contribution in [3.63, 3.8) is 0 Å². The first-order valence-corrected chi connectivity index (χ1v) is 9.23. The summed E-state index contributed by atoms with van der Waals surface area (Å²) < 4.78 is 57.3. The molecule has 0 saturated carbocycles. The molecule has 0 amide bonds. The molecule has 1 aliphatic heterocycles. The molecule has 0 aromatic heterocycles. The van der Waals surface area contributed by atoms with Crippen molar-refractivity contribution in [2.45, 2.75) is 18.5 Å².